The van der Waals surface area contributed by atoms with E-state index in [0.29, 0.717) is 11.9 Å². The maximum Gasteiger partial charge on any atom is 0.211 e. The average molecular weight is 210 g/mol. The zero-order valence-corrected chi connectivity index (χ0v) is 9.36. The third kappa shape index (κ3) is 3.99. The van der Waals surface area contributed by atoms with Crippen molar-refractivity contribution in [1.29, 1.82) is 0 Å². The molecule has 0 spiro atoms. The third-order valence-electron chi connectivity index (χ3n) is 1.71. The van der Waals surface area contributed by atoms with Crippen molar-refractivity contribution in [3.8, 4) is 0 Å². The molecule has 0 saturated heterocycles. The van der Waals surface area contributed by atoms with Gasteiger partial charge in [-0.2, -0.15) is 5.10 Å². The number of guanidine groups is 1. The van der Waals surface area contributed by atoms with Gasteiger partial charge in [-0.25, -0.2) is 5.84 Å². The second-order valence-corrected chi connectivity index (χ2v) is 3.73. The van der Waals surface area contributed by atoms with E-state index >= 15 is 0 Å². The molecule has 15 heavy (non-hydrogen) atoms. The highest BCUT2D eigenvalue weighted by molar-refractivity contribution is 5.92. The van der Waals surface area contributed by atoms with E-state index < -0.39 is 0 Å². The van der Waals surface area contributed by atoms with Crippen LogP contribution in [0.3, 0.4) is 0 Å². The normalized spacial score (nSPS) is 11.9. The Hall–Kier alpha value is -1.56. The van der Waals surface area contributed by atoms with E-state index in [1.807, 2.05) is 19.3 Å². The van der Waals surface area contributed by atoms with Gasteiger partial charge in [0, 0.05) is 25.9 Å². The molecule has 1 aromatic heterocycles. The number of hydrazine groups is 1. The summed E-state index contributed by atoms with van der Waals surface area (Å²) in [5, 5.41) is 7.14. The molecule has 84 valence electrons. The topological polar surface area (TPSA) is 80.3 Å². The number of anilines is 1. The van der Waals surface area contributed by atoms with Gasteiger partial charge in [0.25, 0.3) is 0 Å². The highest BCUT2D eigenvalue weighted by atomic mass is 15.4. The van der Waals surface area contributed by atoms with Gasteiger partial charge in [-0.05, 0) is 5.92 Å². The standard InChI is InChI=1S/C9H18N6/c1-7(2)6-11-9(13-10)12-8-4-5-15(3)14-8/h4-5,7H,6,10H2,1-3H3,(H2,11,12,13,14). The molecule has 0 aliphatic carbocycles. The van der Waals surface area contributed by atoms with Gasteiger partial charge in [-0.3, -0.25) is 15.1 Å². The zero-order valence-electron chi connectivity index (χ0n) is 9.36. The van der Waals surface area contributed by atoms with E-state index in [-0.39, 0.29) is 0 Å². The Kier molecular flexibility index (Phi) is 4.11. The lowest BCUT2D eigenvalue weighted by molar-refractivity contribution is 0.662. The summed E-state index contributed by atoms with van der Waals surface area (Å²) in [4.78, 5) is 4.27. The van der Waals surface area contributed by atoms with E-state index in [9.17, 15) is 0 Å². The molecule has 0 bridgehead atoms. The van der Waals surface area contributed by atoms with Gasteiger partial charge in [-0.1, -0.05) is 13.8 Å². The molecule has 1 rings (SSSR count). The van der Waals surface area contributed by atoms with Crippen molar-refractivity contribution in [2.24, 2.45) is 23.8 Å². The summed E-state index contributed by atoms with van der Waals surface area (Å²) < 4.78 is 1.71. The average Bonchev–Trinajstić information content (AvgIpc) is 2.58. The minimum atomic E-state index is 0.499. The fourth-order valence-electron chi connectivity index (χ4n) is 0.998. The van der Waals surface area contributed by atoms with Crippen LogP contribution in [0.5, 0.6) is 0 Å². The van der Waals surface area contributed by atoms with Crippen LogP contribution in [0.4, 0.5) is 5.82 Å². The molecule has 0 fully saturated rings. The van der Waals surface area contributed by atoms with E-state index in [1.165, 1.54) is 0 Å². The summed E-state index contributed by atoms with van der Waals surface area (Å²) >= 11 is 0. The molecule has 0 aromatic carbocycles. The maximum atomic E-state index is 5.34. The van der Waals surface area contributed by atoms with Gasteiger partial charge >= 0.3 is 0 Å². The lowest BCUT2D eigenvalue weighted by Gasteiger charge is -2.07. The van der Waals surface area contributed by atoms with Gasteiger partial charge in [0.05, 0.1) is 0 Å². The van der Waals surface area contributed by atoms with E-state index in [2.05, 4.69) is 34.7 Å². The fourth-order valence-corrected chi connectivity index (χ4v) is 0.998. The molecule has 0 aliphatic heterocycles. The largest absolute Gasteiger partial charge is 0.308 e. The summed E-state index contributed by atoms with van der Waals surface area (Å²) in [5.41, 5.74) is 2.50. The lowest BCUT2D eigenvalue weighted by atomic mass is 10.2. The number of hydrogen-bond donors (Lipinski definition) is 3. The number of nitrogens with zero attached hydrogens (tertiary/aromatic N) is 3. The van der Waals surface area contributed by atoms with Crippen molar-refractivity contribution < 1.29 is 0 Å². The van der Waals surface area contributed by atoms with Crippen molar-refractivity contribution >= 4 is 11.8 Å². The Balaban J connectivity index is 2.57. The van der Waals surface area contributed by atoms with Crippen molar-refractivity contribution in [2.75, 3.05) is 11.9 Å². The highest BCUT2D eigenvalue weighted by Gasteiger charge is 2.00. The van der Waals surface area contributed by atoms with Crippen molar-refractivity contribution in [3.05, 3.63) is 12.3 Å². The van der Waals surface area contributed by atoms with Crippen LogP contribution < -0.4 is 16.6 Å². The Morgan fingerprint density at radius 2 is 2.40 bits per heavy atom. The van der Waals surface area contributed by atoms with E-state index in [4.69, 9.17) is 5.84 Å². The van der Waals surface area contributed by atoms with Crippen molar-refractivity contribution in [2.45, 2.75) is 13.8 Å². The maximum absolute atomic E-state index is 5.34. The zero-order chi connectivity index (χ0) is 11.3. The number of aromatic nitrogens is 2. The third-order valence-corrected chi connectivity index (χ3v) is 1.71. The van der Waals surface area contributed by atoms with Crippen LogP contribution in [0, 0.1) is 5.92 Å². The number of nitrogens with two attached hydrogens (primary N) is 1. The van der Waals surface area contributed by atoms with Gasteiger partial charge in [0.1, 0.15) is 0 Å². The molecule has 6 heteroatoms. The second kappa shape index (κ2) is 5.35. The molecule has 0 saturated carbocycles. The van der Waals surface area contributed by atoms with Gasteiger partial charge < -0.3 is 5.32 Å². The van der Waals surface area contributed by atoms with Crippen LogP contribution >= 0.6 is 0 Å². The second-order valence-electron chi connectivity index (χ2n) is 3.73. The van der Waals surface area contributed by atoms with Crippen LogP contribution in [0.1, 0.15) is 13.8 Å². The smallest absolute Gasteiger partial charge is 0.211 e. The monoisotopic (exact) mass is 210 g/mol. The molecular formula is C9H18N6. The molecule has 0 atom stereocenters. The van der Waals surface area contributed by atoms with Gasteiger partial charge in [0.2, 0.25) is 5.96 Å². The minimum absolute atomic E-state index is 0.499. The number of aliphatic imine (C=N–C) groups is 1. The van der Waals surface area contributed by atoms with Crippen LogP contribution in [0.2, 0.25) is 0 Å². The predicted molar refractivity (Wildman–Crippen MR) is 61.3 cm³/mol. The first-order valence-corrected chi connectivity index (χ1v) is 4.89. The summed E-state index contributed by atoms with van der Waals surface area (Å²) in [5.74, 6) is 7.09. The minimum Gasteiger partial charge on any atom is -0.308 e. The molecule has 0 aliphatic rings. The van der Waals surface area contributed by atoms with Crippen molar-refractivity contribution in [3.63, 3.8) is 0 Å². The summed E-state index contributed by atoms with van der Waals surface area (Å²) in [7, 11) is 1.85. The molecule has 0 amide bonds. The van der Waals surface area contributed by atoms with E-state index in [0.717, 1.165) is 12.4 Å². The van der Waals surface area contributed by atoms with E-state index in [1.54, 1.807) is 4.68 Å². The predicted octanol–water partition coefficient (Wildman–Crippen LogP) is 0.307. The van der Waals surface area contributed by atoms with Crippen LogP contribution in [0.15, 0.2) is 17.3 Å². The SMILES string of the molecule is CC(C)CN=C(NN)Nc1ccn(C)n1. The first-order valence-electron chi connectivity index (χ1n) is 4.89. The van der Waals surface area contributed by atoms with Crippen LogP contribution in [-0.4, -0.2) is 22.3 Å². The number of aryl methyl sites for hydroxylation is 1. The number of hydrogen-bond acceptors (Lipinski definition) is 3. The summed E-state index contributed by atoms with van der Waals surface area (Å²) in [6.07, 6.45) is 1.85. The molecule has 1 aromatic rings. The molecule has 0 unspecified atom stereocenters. The lowest BCUT2D eigenvalue weighted by Crippen LogP contribution is -2.36. The summed E-state index contributed by atoms with van der Waals surface area (Å²) in [6, 6.07) is 1.85. The first-order chi connectivity index (χ1) is 7.11. The quantitative estimate of drug-likeness (QED) is 0.290. The highest BCUT2D eigenvalue weighted by Crippen LogP contribution is 2.00. The molecule has 0 radical (unpaired) electrons. The van der Waals surface area contributed by atoms with Gasteiger partial charge in [-0.15, -0.1) is 0 Å². The molecule has 6 nitrogen and oxygen atoms in total. The first kappa shape index (κ1) is 11.5. The fraction of sp³-hybridized carbons (Fsp3) is 0.556. The van der Waals surface area contributed by atoms with Gasteiger partial charge in [0.15, 0.2) is 5.82 Å². The van der Waals surface area contributed by atoms with Crippen LogP contribution in [-0.2, 0) is 7.05 Å². The Morgan fingerprint density at radius 1 is 1.67 bits per heavy atom. The number of rotatable bonds is 3. The number of nitrogens with one attached hydrogen (secondary N) is 2. The Morgan fingerprint density at radius 3 is 2.87 bits per heavy atom. The van der Waals surface area contributed by atoms with Crippen LogP contribution in [0.25, 0.3) is 0 Å². The summed E-state index contributed by atoms with van der Waals surface area (Å²) in [6.45, 7) is 4.91. The van der Waals surface area contributed by atoms with Crippen molar-refractivity contribution in [1.82, 2.24) is 15.2 Å². The molecule has 4 N–H and O–H groups in total. The Labute approximate surface area is 89.5 Å². The molecular weight excluding hydrogens is 192 g/mol. The Bertz CT molecular complexity index is 327. The molecule has 1 heterocycles.